The summed E-state index contributed by atoms with van der Waals surface area (Å²) in [6.45, 7) is 15.6. The number of aryl methyl sites for hydroxylation is 3. The third kappa shape index (κ3) is 10.5. The maximum absolute atomic E-state index is 14.1. The number of fused-ring (bicyclic) bond motifs is 1. The van der Waals surface area contributed by atoms with Gasteiger partial charge in [-0.05, 0) is 140 Å². The van der Waals surface area contributed by atoms with Crippen LogP contribution in [0.25, 0.3) is 22.2 Å². The summed E-state index contributed by atoms with van der Waals surface area (Å²) >= 11 is 0. The van der Waals surface area contributed by atoms with Gasteiger partial charge in [0.15, 0.2) is 0 Å². The van der Waals surface area contributed by atoms with Gasteiger partial charge in [-0.3, -0.25) is 14.6 Å². The van der Waals surface area contributed by atoms with Gasteiger partial charge in [0.1, 0.15) is 24.0 Å². The van der Waals surface area contributed by atoms with Crippen LogP contribution < -0.4 is 10.6 Å². The molecular weight excluding hydrogens is 632 g/mol. The lowest BCUT2D eigenvalue weighted by atomic mass is 9.96. The SMILES string of the molecule is COCNC(=O)c1ccc2c(c1)c(CC(NCCCCc1ccncc1)C(=O)OC(C)(C)C)c(-c1cc(C)cc(C)c1)n2C(=O)OC(C)(C)C. The van der Waals surface area contributed by atoms with E-state index in [2.05, 4.69) is 21.7 Å². The zero-order valence-corrected chi connectivity index (χ0v) is 30.9. The Balaban J connectivity index is 1.87. The number of pyridine rings is 1. The van der Waals surface area contributed by atoms with Crippen LogP contribution in [-0.2, 0) is 31.8 Å². The van der Waals surface area contributed by atoms with Crippen LogP contribution in [0.3, 0.4) is 0 Å². The Morgan fingerprint density at radius 2 is 1.52 bits per heavy atom. The molecule has 0 aliphatic carbocycles. The second-order valence-electron chi connectivity index (χ2n) is 14.7. The third-order valence-electron chi connectivity index (χ3n) is 7.91. The van der Waals surface area contributed by atoms with Gasteiger partial charge in [-0.25, -0.2) is 9.36 Å². The number of carbonyl (C=O) groups excluding carboxylic acids is 3. The quantitative estimate of drug-likeness (QED) is 0.0855. The van der Waals surface area contributed by atoms with E-state index in [4.69, 9.17) is 14.2 Å². The topological polar surface area (TPSA) is 121 Å². The van der Waals surface area contributed by atoms with Crippen molar-refractivity contribution in [2.75, 3.05) is 20.4 Å². The van der Waals surface area contributed by atoms with Crippen molar-refractivity contribution in [1.82, 2.24) is 20.2 Å². The van der Waals surface area contributed by atoms with Crippen LogP contribution in [0.2, 0.25) is 0 Å². The largest absolute Gasteiger partial charge is 0.459 e. The number of nitrogens with zero attached hydrogens (tertiary/aromatic N) is 2. The fraction of sp³-hybridized carbons (Fsp3) is 0.450. The maximum Gasteiger partial charge on any atom is 0.419 e. The van der Waals surface area contributed by atoms with Crippen molar-refractivity contribution in [2.24, 2.45) is 0 Å². The molecule has 0 fully saturated rings. The summed E-state index contributed by atoms with van der Waals surface area (Å²) in [5.74, 6) is -0.723. The van der Waals surface area contributed by atoms with Gasteiger partial charge in [-0.1, -0.05) is 17.2 Å². The van der Waals surface area contributed by atoms with Crippen molar-refractivity contribution in [1.29, 1.82) is 0 Å². The molecule has 0 aliphatic heterocycles. The predicted octanol–water partition coefficient (Wildman–Crippen LogP) is 7.30. The highest BCUT2D eigenvalue weighted by atomic mass is 16.6. The summed E-state index contributed by atoms with van der Waals surface area (Å²) < 4.78 is 18.5. The molecule has 0 radical (unpaired) electrons. The number of rotatable bonds is 13. The molecule has 10 nitrogen and oxygen atoms in total. The summed E-state index contributed by atoms with van der Waals surface area (Å²) in [6, 6.07) is 14.6. The first-order chi connectivity index (χ1) is 23.6. The summed E-state index contributed by atoms with van der Waals surface area (Å²) in [4.78, 5) is 45.2. The number of aromatic nitrogens is 2. The van der Waals surface area contributed by atoms with Crippen molar-refractivity contribution < 1.29 is 28.6 Å². The molecule has 2 N–H and O–H groups in total. The van der Waals surface area contributed by atoms with Crippen molar-refractivity contribution in [3.8, 4) is 11.3 Å². The molecule has 268 valence electrons. The van der Waals surface area contributed by atoms with Gasteiger partial charge >= 0.3 is 12.1 Å². The average Bonchev–Trinajstić information content (AvgIpc) is 3.34. The molecule has 4 aromatic rings. The van der Waals surface area contributed by atoms with E-state index in [1.165, 1.54) is 12.7 Å². The van der Waals surface area contributed by atoms with E-state index in [0.717, 1.165) is 41.5 Å². The molecule has 2 aromatic carbocycles. The normalized spacial score (nSPS) is 12.5. The number of hydrogen-bond acceptors (Lipinski definition) is 8. The molecule has 0 bridgehead atoms. The number of nitrogens with one attached hydrogen (secondary N) is 2. The number of ether oxygens (including phenoxy) is 3. The number of hydrogen-bond donors (Lipinski definition) is 2. The van der Waals surface area contributed by atoms with Gasteiger partial charge in [-0.15, -0.1) is 0 Å². The number of methoxy groups -OCH3 is 1. The Kier molecular flexibility index (Phi) is 12.6. The number of unbranched alkanes of at least 4 members (excludes halogenated alkanes) is 1. The fourth-order valence-corrected chi connectivity index (χ4v) is 5.95. The standard InChI is InChI=1S/C40H52N4O6/c1-26-20-27(2)22-30(21-26)35-32(24-33(37(46)49-39(3,4)5)42-17-11-10-12-28-15-18-41-19-16-28)31-23-29(36(45)43-25-48-9)13-14-34(31)44(35)38(47)50-40(6,7)8/h13-16,18-23,33,42H,10-12,17,24-25H2,1-9H3,(H,43,45). The van der Waals surface area contributed by atoms with Gasteiger partial charge in [0.05, 0.1) is 11.2 Å². The molecule has 10 heteroatoms. The van der Waals surface area contributed by atoms with E-state index in [9.17, 15) is 14.4 Å². The minimum atomic E-state index is -0.773. The van der Waals surface area contributed by atoms with E-state index in [-0.39, 0.29) is 19.1 Å². The highest BCUT2D eigenvalue weighted by Gasteiger charge is 2.32. The highest BCUT2D eigenvalue weighted by Crippen LogP contribution is 2.37. The van der Waals surface area contributed by atoms with Crippen LogP contribution in [-0.4, -0.2) is 65.2 Å². The Hall–Kier alpha value is -4.54. The van der Waals surface area contributed by atoms with Gasteiger partial charge in [-0.2, -0.15) is 0 Å². The molecule has 2 heterocycles. The zero-order chi connectivity index (χ0) is 36.6. The van der Waals surface area contributed by atoms with Gasteiger partial charge in [0.25, 0.3) is 5.91 Å². The minimum absolute atomic E-state index is 0.0439. The smallest absolute Gasteiger partial charge is 0.419 e. The van der Waals surface area contributed by atoms with Crippen LogP contribution in [0.15, 0.2) is 60.9 Å². The first kappa shape index (κ1) is 38.3. The van der Waals surface area contributed by atoms with Gasteiger partial charge < -0.3 is 24.8 Å². The molecule has 1 atom stereocenters. The molecule has 1 unspecified atom stereocenters. The molecule has 0 saturated carbocycles. The Morgan fingerprint density at radius 1 is 0.860 bits per heavy atom. The first-order valence-electron chi connectivity index (χ1n) is 17.2. The van der Waals surface area contributed by atoms with Crippen molar-refractivity contribution in [2.45, 2.75) is 98.3 Å². The molecule has 0 saturated heterocycles. The van der Waals surface area contributed by atoms with E-state index >= 15 is 0 Å². The predicted molar refractivity (Wildman–Crippen MR) is 196 cm³/mol. The van der Waals surface area contributed by atoms with Crippen LogP contribution in [0.5, 0.6) is 0 Å². The highest BCUT2D eigenvalue weighted by molar-refractivity contribution is 6.04. The van der Waals surface area contributed by atoms with Crippen molar-refractivity contribution in [3.63, 3.8) is 0 Å². The minimum Gasteiger partial charge on any atom is -0.459 e. The second kappa shape index (κ2) is 16.4. The maximum atomic E-state index is 14.1. The van der Waals surface area contributed by atoms with Crippen LogP contribution in [0.4, 0.5) is 4.79 Å². The lowest BCUT2D eigenvalue weighted by Gasteiger charge is -2.25. The molecular formula is C40H52N4O6. The van der Waals surface area contributed by atoms with Crippen LogP contribution in [0.1, 0.15) is 87.0 Å². The Morgan fingerprint density at radius 3 is 2.14 bits per heavy atom. The van der Waals surface area contributed by atoms with E-state index in [1.54, 1.807) is 35.2 Å². The summed E-state index contributed by atoms with van der Waals surface area (Å²) in [6.07, 6.45) is 5.86. The monoisotopic (exact) mass is 684 g/mol. The number of amides is 1. The van der Waals surface area contributed by atoms with Gasteiger partial charge in [0, 0.05) is 36.9 Å². The van der Waals surface area contributed by atoms with Crippen molar-refractivity contribution >= 4 is 28.9 Å². The van der Waals surface area contributed by atoms with E-state index in [0.29, 0.717) is 28.7 Å². The summed E-state index contributed by atoms with van der Waals surface area (Å²) in [7, 11) is 1.50. The summed E-state index contributed by atoms with van der Waals surface area (Å²) in [5, 5.41) is 6.87. The average molecular weight is 685 g/mol. The number of benzene rings is 2. The molecule has 0 aliphatic rings. The third-order valence-corrected chi connectivity index (χ3v) is 7.91. The second-order valence-corrected chi connectivity index (χ2v) is 14.7. The Bertz CT molecular complexity index is 1780. The van der Waals surface area contributed by atoms with Crippen LogP contribution >= 0.6 is 0 Å². The fourth-order valence-electron chi connectivity index (χ4n) is 5.95. The van der Waals surface area contributed by atoms with E-state index < -0.39 is 29.3 Å². The molecule has 2 aromatic heterocycles. The lowest BCUT2D eigenvalue weighted by Crippen LogP contribution is -2.43. The van der Waals surface area contributed by atoms with E-state index in [1.807, 2.05) is 79.7 Å². The summed E-state index contributed by atoms with van der Waals surface area (Å²) in [5.41, 5.74) is 4.82. The molecule has 0 spiro atoms. The molecule has 4 rings (SSSR count). The van der Waals surface area contributed by atoms with Crippen LogP contribution in [0, 0.1) is 13.8 Å². The first-order valence-corrected chi connectivity index (χ1v) is 17.2. The lowest BCUT2D eigenvalue weighted by molar-refractivity contribution is -0.157. The van der Waals surface area contributed by atoms with Crippen molar-refractivity contribution in [3.05, 3.63) is 88.7 Å². The number of esters is 1. The molecule has 1 amide bonds. The van der Waals surface area contributed by atoms with Gasteiger partial charge in [0.2, 0.25) is 0 Å². The number of carbonyl (C=O) groups is 3. The molecule has 50 heavy (non-hydrogen) atoms. The Labute approximate surface area is 295 Å². The zero-order valence-electron chi connectivity index (χ0n) is 30.9.